The molecule has 1 N–H and O–H groups in total. The quantitative estimate of drug-likeness (QED) is 0.843. The summed E-state index contributed by atoms with van der Waals surface area (Å²) in [5, 5.41) is 3.44. The van der Waals surface area contributed by atoms with Crippen molar-refractivity contribution in [2.45, 2.75) is 12.5 Å². The third kappa shape index (κ3) is 1.76. The second kappa shape index (κ2) is 4.13. The van der Waals surface area contributed by atoms with Gasteiger partial charge in [0, 0.05) is 19.1 Å². The molecule has 1 aromatic heterocycles. The van der Waals surface area contributed by atoms with E-state index in [1.807, 2.05) is 6.07 Å². The summed E-state index contributed by atoms with van der Waals surface area (Å²) in [6.07, 6.45) is 2.88. The van der Waals surface area contributed by atoms with Gasteiger partial charge in [-0.05, 0) is 31.0 Å². The Hall–Kier alpha value is -1.75. The molecule has 5 heteroatoms. The number of piperidine rings is 1. The minimum absolute atomic E-state index is 0.309. The van der Waals surface area contributed by atoms with E-state index in [4.69, 9.17) is 0 Å². The topological polar surface area (TPSA) is 41.1 Å². The van der Waals surface area contributed by atoms with Crippen LogP contribution in [0.1, 0.15) is 6.42 Å². The minimum atomic E-state index is -0.309. The van der Waals surface area contributed by atoms with Crippen molar-refractivity contribution in [3.63, 3.8) is 0 Å². The molecular formula is C14H15FN4. The highest BCUT2D eigenvalue weighted by Gasteiger charge is 2.35. The first-order valence-corrected chi connectivity index (χ1v) is 6.71. The van der Waals surface area contributed by atoms with Gasteiger partial charge in [-0.1, -0.05) is 6.07 Å². The van der Waals surface area contributed by atoms with E-state index >= 15 is 0 Å². The van der Waals surface area contributed by atoms with Crippen LogP contribution in [0.4, 0.5) is 10.2 Å². The summed E-state index contributed by atoms with van der Waals surface area (Å²) < 4.78 is 13.6. The summed E-state index contributed by atoms with van der Waals surface area (Å²) in [6.45, 7) is 3.13. The number of fused-ring (bicyclic) bond motifs is 2. The first-order chi connectivity index (χ1) is 9.31. The lowest BCUT2D eigenvalue weighted by Crippen LogP contribution is -2.62. The zero-order valence-corrected chi connectivity index (χ0v) is 10.5. The molecule has 0 bridgehead atoms. The molecule has 2 fully saturated rings. The lowest BCUT2D eigenvalue weighted by Gasteiger charge is -2.46. The molecule has 98 valence electrons. The number of benzene rings is 1. The molecule has 0 aliphatic carbocycles. The average molecular weight is 258 g/mol. The molecule has 1 aromatic carbocycles. The molecule has 0 amide bonds. The van der Waals surface area contributed by atoms with Gasteiger partial charge in [-0.15, -0.1) is 0 Å². The second-order valence-corrected chi connectivity index (χ2v) is 5.35. The van der Waals surface area contributed by atoms with Crippen LogP contribution in [0.25, 0.3) is 11.0 Å². The average Bonchev–Trinajstić information content (AvgIpc) is 2.40. The number of anilines is 1. The Morgan fingerprint density at radius 2 is 2.32 bits per heavy atom. The molecule has 2 aliphatic rings. The van der Waals surface area contributed by atoms with Gasteiger partial charge < -0.3 is 10.2 Å². The molecular weight excluding hydrogens is 243 g/mol. The lowest BCUT2D eigenvalue weighted by atomic mass is 9.85. The van der Waals surface area contributed by atoms with E-state index in [0.717, 1.165) is 31.4 Å². The van der Waals surface area contributed by atoms with Crippen molar-refractivity contribution in [3.05, 3.63) is 30.2 Å². The zero-order chi connectivity index (χ0) is 12.8. The van der Waals surface area contributed by atoms with Gasteiger partial charge in [0.25, 0.3) is 0 Å². The fourth-order valence-corrected chi connectivity index (χ4v) is 2.98. The fraction of sp³-hybridized carbons (Fsp3) is 0.429. The number of aromatic nitrogens is 2. The Morgan fingerprint density at radius 3 is 3.11 bits per heavy atom. The van der Waals surface area contributed by atoms with E-state index < -0.39 is 0 Å². The number of halogens is 1. The van der Waals surface area contributed by atoms with Crippen molar-refractivity contribution >= 4 is 16.9 Å². The van der Waals surface area contributed by atoms with Crippen LogP contribution < -0.4 is 10.2 Å². The summed E-state index contributed by atoms with van der Waals surface area (Å²) in [6, 6.07) is 5.48. The van der Waals surface area contributed by atoms with Crippen LogP contribution in [0.2, 0.25) is 0 Å². The smallest absolute Gasteiger partial charge is 0.151 e. The summed E-state index contributed by atoms with van der Waals surface area (Å²) in [5.41, 5.74) is 0.976. The van der Waals surface area contributed by atoms with Gasteiger partial charge in [-0.2, -0.15) is 0 Å². The standard InChI is InChI=1S/C14H15FN4/c15-10-2-1-3-11-14(10)17-7-13(18-11)19-5-4-9-6-16-12(9)8-19/h1-3,7,9,12,16H,4-6,8H2. The van der Waals surface area contributed by atoms with Gasteiger partial charge in [0.05, 0.1) is 11.7 Å². The van der Waals surface area contributed by atoms with Crippen molar-refractivity contribution in [2.75, 3.05) is 24.5 Å². The molecule has 2 unspecified atom stereocenters. The Morgan fingerprint density at radius 1 is 1.37 bits per heavy atom. The summed E-state index contributed by atoms with van der Waals surface area (Å²) >= 11 is 0. The summed E-state index contributed by atoms with van der Waals surface area (Å²) in [7, 11) is 0. The second-order valence-electron chi connectivity index (χ2n) is 5.35. The van der Waals surface area contributed by atoms with Crippen LogP contribution >= 0.6 is 0 Å². The minimum Gasteiger partial charge on any atom is -0.354 e. The van der Waals surface area contributed by atoms with Gasteiger partial charge >= 0.3 is 0 Å². The van der Waals surface area contributed by atoms with Gasteiger partial charge in [-0.25, -0.2) is 14.4 Å². The molecule has 19 heavy (non-hydrogen) atoms. The first kappa shape index (κ1) is 11.1. The number of nitrogens with one attached hydrogen (secondary N) is 1. The molecule has 4 rings (SSSR count). The van der Waals surface area contributed by atoms with Crippen LogP contribution in [0.15, 0.2) is 24.4 Å². The molecule has 0 spiro atoms. The molecule has 2 aromatic rings. The molecule has 3 heterocycles. The third-order valence-corrected chi connectivity index (χ3v) is 4.23. The van der Waals surface area contributed by atoms with Crippen LogP contribution in [-0.4, -0.2) is 35.6 Å². The molecule has 0 radical (unpaired) electrons. The van der Waals surface area contributed by atoms with E-state index in [9.17, 15) is 4.39 Å². The van der Waals surface area contributed by atoms with Crippen LogP contribution in [0, 0.1) is 11.7 Å². The Bertz CT molecular complexity index is 630. The van der Waals surface area contributed by atoms with Gasteiger partial charge in [0.2, 0.25) is 0 Å². The van der Waals surface area contributed by atoms with E-state index in [-0.39, 0.29) is 5.82 Å². The Labute approximate surface area is 110 Å². The first-order valence-electron chi connectivity index (χ1n) is 6.71. The maximum absolute atomic E-state index is 13.6. The number of para-hydroxylation sites is 1. The monoisotopic (exact) mass is 258 g/mol. The number of rotatable bonds is 1. The van der Waals surface area contributed by atoms with E-state index in [1.165, 1.54) is 12.5 Å². The van der Waals surface area contributed by atoms with Crippen molar-refractivity contribution < 1.29 is 4.39 Å². The van der Waals surface area contributed by atoms with Crippen LogP contribution in [-0.2, 0) is 0 Å². The number of hydrogen-bond donors (Lipinski definition) is 1. The molecule has 2 atom stereocenters. The zero-order valence-electron chi connectivity index (χ0n) is 10.5. The molecule has 2 saturated heterocycles. The van der Waals surface area contributed by atoms with Crippen molar-refractivity contribution in [1.82, 2.24) is 15.3 Å². The van der Waals surface area contributed by atoms with Crippen LogP contribution in [0.5, 0.6) is 0 Å². The molecule has 4 nitrogen and oxygen atoms in total. The van der Waals surface area contributed by atoms with E-state index in [0.29, 0.717) is 17.1 Å². The highest BCUT2D eigenvalue weighted by Crippen LogP contribution is 2.27. The fourth-order valence-electron chi connectivity index (χ4n) is 2.98. The number of hydrogen-bond acceptors (Lipinski definition) is 4. The summed E-state index contributed by atoms with van der Waals surface area (Å²) in [5.74, 6) is 1.36. The molecule has 0 saturated carbocycles. The predicted octanol–water partition coefficient (Wildman–Crippen LogP) is 1.57. The van der Waals surface area contributed by atoms with Gasteiger partial charge in [-0.3, -0.25) is 0 Å². The molecule has 2 aliphatic heterocycles. The Kier molecular flexibility index (Phi) is 2.41. The number of nitrogens with zero attached hydrogens (tertiary/aromatic N) is 3. The largest absolute Gasteiger partial charge is 0.354 e. The normalized spacial score (nSPS) is 26.1. The maximum atomic E-state index is 13.6. The van der Waals surface area contributed by atoms with Crippen molar-refractivity contribution in [1.29, 1.82) is 0 Å². The van der Waals surface area contributed by atoms with Gasteiger partial charge in [0.15, 0.2) is 5.82 Å². The summed E-state index contributed by atoms with van der Waals surface area (Å²) in [4.78, 5) is 11.0. The van der Waals surface area contributed by atoms with Gasteiger partial charge in [0.1, 0.15) is 11.3 Å². The van der Waals surface area contributed by atoms with Crippen LogP contribution in [0.3, 0.4) is 0 Å². The van der Waals surface area contributed by atoms with Crippen molar-refractivity contribution in [3.8, 4) is 0 Å². The van der Waals surface area contributed by atoms with E-state index in [1.54, 1.807) is 12.3 Å². The SMILES string of the molecule is Fc1cccc2nc(N3CCC4CNC4C3)cnc12. The lowest BCUT2D eigenvalue weighted by molar-refractivity contribution is 0.196. The van der Waals surface area contributed by atoms with Crippen molar-refractivity contribution in [2.24, 2.45) is 5.92 Å². The Balaban J connectivity index is 1.67. The van der Waals surface area contributed by atoms with E-state index in [2.05, 4.69) is 20.2 Å². The predicted molar refractivity (Wildman–Crippen MR) is 71.6 cm³/mol. The highest BCUT2D eigenvalue weighted by molar-refractivity contribution is 5.76. The highest BCUT2D eigenvalue weighted by atomic mass is 19.1. The maximum Gasteiger partial charge on any atom is 0.151 e. The third-order valence-electron chi connectivity index (χ3n) is 4.23.